The molecule has 28 heavy (non-hydrogen) atoms. The highest BCUT2D eigenvalue weighted by Crippen LogP contribution is 2.31. The van der Waals surface area contributed by atoms with Crippen molar-refractivity contribution in [2.24, 2.45) is 0 Å². The molecule has 0 saturated carbocycles. The van der Waals surface area contributed by atoms with Crippen LogP contribution in [0.15, 0.2) is 72.8 Å². The predicted octanol–water partition coefficient (Wildman–Crippen LogP) is 6.60. The van der Waals surface area contributed by atoms with Crippen molar-refractivity contribution >= 4 is 33.4 Å². The lowest BCUT2D eigenvalue weighted by atomic mass is 10.0. The van der Waals surface area contributed by atoms with E-state index in [2.05, 4.69) is 31.0 Å². The summed E-state index contributed by atoms with van der Waals surface area (Å²) in [6.07, 6.45) is 3.45. The van der Waals surface area contributed by atoms with Crippen LogP contribution in [0.1, 0.15) is 27.0 Å². The molecule has 1 heterocycles. The second-order valence-electron chi connectivity index (χ2n) is 6.62. The van der Waals surface area contributed by atoms with Crippen molar-refractivity contribution in [2.75, 3.05) is 0 Å². The third kappa shape index (κ3) is 4.02. The Morgan fingerprint density at radius 2 is 1.75 bits per heavy atom. The van der Waals surface area contributed by atoms with Gasteiger partial charge in [0.25, 0.3) is 5.19 Å². The van der Waals surface area contributed by atoms with E-state index in [0.717, 1.165) is 15.8 Å². The number of carbonyl (C=O) groups excluding carboxylic acids is 1. The number of ether oxygens (including phenoxy) is 1. The Balaban J connectivity index is 1.45. The largest absolute Gasteiger partial charge is 0.431 e. The first-order valence-electron chi connectivity index (χ1n) is 9.02. The molecule has 0 fully saturated rings. The van der Waals surface area contributed by atoms with E-state index in [4.69, 9.17) is 4.74 Å². The Labute approximate surface area is 167 Å². The van der Waals surface area contributed by atoms with Crippen LogP contribution in [-0.2, 0) is 0 Å². The van der Waals surface area contributed by atoms with Crippen LogP contribution in [-0.4, -0.2) is 10.8 Å². The highest BCUT2D eigenvalue weighted by molar-refractivity contribution is 7.20. The summed E-state index contributed by atoms with van der Waals surface area (Å²) in [5.74, 6) is 0.624. The Hall–Kier alpha value is -3.24. The molecule has 0 aliphatic rings. The number of fused-ring (bicyclic) bond motifs is 1. The molecule has 0 saturated heterocycles. The number of aryl methyl sites for hydroxylation is 2. The quantitative estimate of drug-likeness (QED) is 0.287. The smallest absolute Gasteiger partial charge is 0.279 e. The summed E-state index contributed by atoms with van der Waals surface area (Å²) in [7, 11) is 0. The molecule has 4 rings (SSSR count). The number of hydrogen-bond acceptors (Lipinski definition) is 4. The van der Waals surface area contributed by atoms with Gasteiger partial charge in [0.15, 0.2) is 5.78 Å². The van der Waals surface area contributed by atoms with E-state index in [1.54, 1.807) is 30.3 Å². The average Bonchev–Trinajstić information content (AvgIpc) is 3.11. The van der Waals surface area contributed by atoms with Crippen molar-refractivity contribution in [3.63, 3.8) is 0 Å². The summed E-state index contributed by atoms with van der Waals surface area (Å²) >= 11 is 1.50. The maximum absolute atomic E-state index is 12.4. The Morgan fingerprint density at radius 3 is 2.50 bits per heavy atom. The second-order valence-corrected chi connectivity index (χ2v) is 7.61. The minimum absolute atomic E-state index is 0.0373. The molecule has 4 heteroatoms. The number of ketones is 1. The lowest BCUT2D eigenvalue weighted by Gasteiger charge is -2.03. The normalized spacial score (nSPS) is 11.2. The zero-order valence-corrected chi connectivity index (χ0v) is 16.5. The Morgan fingerprint density at radius 1 is 0.964 bits per heavy atom. The molecule has 0 unspecified atom stereocenters. The molecule has 0 bridgehead atoms. The number of allylic oxidation sites excluding steroid dienone is 1. The van der Waals surface area contributed by atoms with E-state index >= 15 is 0 Å². The maximum atomic E-state index is 12.4. The van der Waals surface area contributed by atoms with Gasteiger partial charge in [0, 0.05) is 5.56 Å². The van der Waals surface area contributed by atoms with Crippen LogP contribution in [0.4, 0.5) is 0 Å². The first-order valence-corrected chi connectivity index (χ1v) is 9.83. The zero-order valence-electron chi connectivity index (χ0n) is 15.7. The van der Waals surface area contributed by atoms with Crippen LogP contribution in [0.2, 0.25) is 0 Å². The lowest BCUT2D eigenvalue weighted by Crippen LogP contribution is -1.94. The van der Waals surface area contributed by atoms with Gasteiger partial charge in [-0.1, -0.05) is 47.7 Å². The van der Waals surface area contributed by atoms with Crippen molar-refractivity contribution in [3.8, 4) is 10.9 Å². The lowest BCUT2D eigenvalue weighted by molar-refractivity contribution is 0.104. The average molecular weight is 385 g/mol. The van der Waals surface area contributed by atoms with E-state index in [0.29, 0.717) is 16.5 Å². The molecule has 138 valence electrons. The second kappa shape index (κ2) is 7.79. The molecule has 0 aliphatic carbocycles. The van der Waals surface area contributed by atoms with Crippen LogP contribution in [0, 0.1) is 13.8 Å². The van der Waals surface area contributed by atoms with Crippen LogP contribution >= 0.6 is 11.3 Å². The van der Waals surface area contributed by atoms with Gasteiger partial charge in [-0.3, -0.25) is 4.79 Å². The van der Waals surface area contributed by atoms with Crippen molar-refractivity contribution in [3.05, 3.63) is 95.1 Å². The third-order valence-electron chi connectivity index (χ3n) is 4.58. The molecule has 3 aromatic carbocycles. The van der Waals surface area contributed by atoms with Crippen molar-refractivity contribution in [2.45, 2.75) is 13.8 Å². The summed E-state index contributed by atoms with van der Waals surface area (Å²) < 4.78 is 6.91. The summed E-state index contributed by atoms with van der Waals surface area (Å²) in [5.41, 5.74) is 5.02. The fourth-order valence-electron chi connectivity index (χ4n) is 2.82. The number of hydrogen-bond donors (Lipinski definition) is 0. The number of aromatic nitrogens is 1. The van der Waals surface area contributed by atoms with Crippen molar-refractivity contribution in [1.82, 2.24) is 4.98 Å². The predicted molar refractivity (Wildman–Crippen MR) is 115 cm³/mol. The van der Waals surface area contributed by atoms with Gasteiger partial charge in [0.2, 0.25) is 0 Å². The van der Waals surface area contributed by atoms with E-state index < -0.39 is 0 Å². The molecule has 4 aromatic rings. The fourth-order valence-corrected chi connectivity index (χ4v) is 3.65. The summed E-state index contributed by atoms with van der Waals surface area (Å²) in [5, 5.41) is 0.593. The molecule has 0 atom stereocenters. The molecule has 3 nitrogen and oxygen atoms in total. The van der Waals surface area contributed by atoms with Crippen LogP contribution in [0.3, 0.4) is 0 Å². The maximum Gasteiger partial charge on any atom is 0.279 e. The molecule has 0 amide bonds. The topological polar surface area (TPSA) is 39.2 Å². The fraction of sp³-hybridized carbons (Fsp3) is 0.0833. The van der Waals surface area contributed by atoms with E-state index in [9.17, 15) is 4.79 Å². The summed E-state index contributed by atoms with van der Waals surface area (Å²) in [6, 6.07) is 21.2. The zero-order chi connectivity index (χ0) is 19.5. The number of rotatable bonds is 5. The van der Waals surface area contributed by atoms with Gasteiger partial charge < -0.3 is 4.74 Å². The van der Waals surface area contributed by atoms with Gasteiger partial charge >= 0.3 is 0 Å². The van der Waals surface area contributed by atoms with Gasteiger partial charge in [0.1, 0.15) is 5.75 Å². The van der Waals surface area contributed by atoms with E-state index in [1.807, 2.05) is 36.4 Å². The Kier molecular flexibility index (Phi) is 5.04. The van der Waals surface area contributed by atoms with Gasteiger partial charge in [-0.2, -0.15) is 0 Å². The summed E-state index contributed by atoms with van der Waals surface area (Å²) in [4.78, 5) is 16.9. The van der Waals surface area contributed by atoms with Gasteiger partial charge in [0.05, 0.1) is 10.2 Å². The number of nitrogens with zero attached hydrogens (tertiary/aromatic N) is 1. The van der Waals surface area contributed by atoms with Crippen LogP contribution < -0.4 is 4.74 Å². The van der Waals surface area contributed by atoms with Gasteiger partial charge in [-0.25, -0.2) is 4.98 Å². The molecule has 1 aromatic heterocycles. The number of thiazole rings is 1. The number of para-hydroxylation sites is 1. The molecule has 0 aliphatic heterocycles. The number of benzene rings is 3. The van der Waals surface area contributed by atoms with Crippen LogP contribution in [0.5, 0.6) is 10.9 Å². The van der Waals surface area contributed by atoms with E-state index in [-0.39, 0.29) is 5.78 Å². The van der Waals surface area contributed by atoms with Gasteiger partial charge in [-0.15, -0.1) is 0 Å². The highest BCUT2D eigenvalue weighted by Gasteiger charge is 2.07. The number of carbonyl (C=O) groups is 1. The molecule has 0 radical (unpaired) electrons. The molecule has 0 spiro atoms. The minimum atomic E-state index is -0.0373. The molecule has 0 N–H and O–H groups in total. The van der Waals surface area contributed by atoms with Gasteiger partial charge in [-0.05, 0) is 73.0 Å². The standard InChI is InChI=1S/C24H19NO2S/c1-16-7-8-18(15-17(16)2)9-14-22(26)19-10-12-20(13-11-19)27-24-25-21-5-3-4-6-23(21)28-24/h3-15H,1-2H3/b14-9+. The third-order valence-corrected chi connectivity index (χ3v) is 5.49. The molecular formula is C24H19NO2S. The van der Waals surface area contributed by atoms with E-state index in [1.165, 1.54) is 22.5 Å². The first kappa shape index (κ1) is 18.1. The first-order chi connectivity index (χ1) is 13.6. The SMILES string of the molecule is Cc1ccc(/C=C/C(=O)c2ccc(Oc3nc4ccccc4s3)cc2)cc1C. The minimum Gasteiger partial charge on any atom is -0.431 e. The van der Waals surface area contributed by atoms with Crippen LogP contribution in [0.25, 0.3) is 16.3 Å². The Bertz CT molecular complexity index is 1140. The monoisotopic (exact) mass is 385 g/mol. The summed E-state index contributed by atoms with van der Waals surface area (Å²) in [6.45, 7) is 4.14. The van der Waals surface area contributed by atoms with Crippen molar-refractivity contribution in [1.29, 1.82) is 0 Å². The highest BCUT2D eigenvalue weighted by atomic mass is 32.1. The van der Waals surface area contributed by atoms with Crippen molar-refractivity contribution < 1.29 is 9.53 Å². The molecular weight excluding hydrogens is 366 g/mol.